The lowest BCUT2D eigenvalue weighted by Gasteiger charge is -2.13. The van der Waals surface area contributed by atoms with Crippen molar-refractivity contribution in [1.82, 2.24) is 10.1 Å². The van der Waals surface area contributed by atoms with Gasteiger partial charge in [-0.1, -0.05) is 37.7 Å². The molecule has 0 aliphatic carbocycles. The number of aromatic nitrogens is 2. The summed E-state index contributed by atoms with van der Waals surface area (Å²) in [6.07, 6.45) is 2.77. The zero-order chi connectivity index (χ0) is 9.19. The molecule has 0 atom stereocenters. The number of hydrogen-bond acceptors (Lipinski definition) is 4. The fourth-order valence-corrected chi connectivity index (χ4v) is 1.15. The third-order valence-electron chi connectivity index (χ3n) is 1.31. The molecule has 0 spiro atoms. The minimum atomic E-state index is 0.211. The molecule has 0 radical (unpaired) electrons. The molecular weight excluding hydrogens is 172 g/mol. The van der Waals surface area contributed by atoms with Gasteiger partial charge in [0.15, 0.2) is 0 Å². The minimum absolute atomic E-state index is 0.211. The van der Waals surface area contributed by atoms with Crippen molar-refractivity contribution in [1.29, 1.82) is 0 Å². The van der Waals surface area contributed by atoms with Crippen molar-refractivity contribution in [2.75, 3.05) is 6.26 Å². The largest absolute Gasteiger partial charge is 0.338 e. The average Bonchev–Trinajstić information content (AvgIpc) is 2.32. The summed E-state index contributed by atoms with van der Waals surface area (Å²) in [5.74, 6) is 0.729. The molecule has 0 aromatic carbocycles. The Hall–Kier alpha value is -0.510. The Morgan fingerprint density at radius 1 is 1.42 bits per heavy atom. The summed E-state index contributed by atoms with van der Waals surface area (Å²) < 4.78 is 5.05. The van der Waals surface area contributed by atoms with E-state index in [0.717, 1.165) is 12.3 Å². The molecule has 0 aliphatic heterocycles. The molecule has 1 rings (SSSR count). The maximum Gasteiger partial charge on any atom is 0.229 e. The minimum Gasteiger partial charge on any atom is -0.338 e. The second kappa shape index (κ2) is 3.47. The fraction of sp³-hybridized carbons (Fsp3) is 0.750. The van der Waals surface area contributed by atoms with Crippen molar-refractivity contribution < 1.29 is 4.52 Å². The molecule has 0 aliphatic rings. The molecule has 4 heteroatoms. The first-order chi connectivity index (χ1) is 5.51. The SMILES string of the molecule is CSc1noc(CC(C)(C)C)n1. The van der Waals surface area contributed by atoms with Crippen molar-refractivity contribution in [2.24, 2.45) is 5.41 Å². The van der Waals surface area contributed by atoms with E-state index in [1.807, 2.05) is 6.26 Å². The quantitative estimate of drug-likeness (QED) is 0.665. The van der Waals surface area contributed by atoms with E-state index < -0.39 is 0 Å². The van der Waals surface area contributed by atoms with Crippen molar-refractivity contribution in [3.63, 3.8) is 0 Å². The van der Waals surface area contributed by atoms with Crippen molar-refractivity contribution >= 4 is 11.8 Å². The standard InChI is InChI=1S/C8H14N2OS/c1-8(2,3)5-6-9-7(12-4)10-11-6/h5H2,1-4H3. The maximum absolute atomic E-state index is 5.05. The van der Waals surface area contributed by atoms with Crippen LogP contribution in [-0.2, 0) is 6.42 Å². The van der Waals surface area contributed by atoms with Gasteiger partial charge in [-0.25, -0.2) is 0 Å². The fourth-order valence-electron chi connectivity index (χ4n) is 0.848. The third-order valence-corrected chi connectivity index (χ3v) is 1.84. The van der Waals surface area contributed by atoms with Gasteiger partial charge in [0.1, 0.15) is 0 Å². The number of nitrogens with zero attached hydrogens (tertiary/aromatic N) is 2. The second-order valence-corrected chi connectivity index (χ2v) is 4.69. The molecule has 0 unspecified atom stereocenters. The van der Waals surface area contributed by atoms with Crippen LogP contribution in [0.3, 0.4) is 0 Å². The van der Waals surface area contributed by atoms with Gasteiger partial charge in [0, 0.05) is 6.42 Å². The van der Waals surface area contributed by atoms with Gasteiger partial charge in [0.25, 0.3) is 0 Å². The Morgan fingerprint density at radius 3 is 2.50 bits per heavy atom. The lowest BCUT2D eigenvalue weighted by atomic mass is 9.92. The highest BCUT2D eigenvalue weighted by Crippen LogP contribution is 2.20. The van der Waals surface area contributed by atoms with E-state index in [9.17, 15) is 0 Å². The highest BCUT2D eigenvalue weighted by molar-refractivity contribution is 7.98. The predicted octanol–water partition coefficient (Wildman–Crippen LogP) is 2.38. The Bertz CT molecular complexity index is 252. The summed E-state index contributed by atoms with van der Waals surface area (Å²) in [6, 6.07) is 0. The first-order valence-corrected chi connectivity index (χ1v) is 5.10. The van der Waals surface area contributed by atoms with Crippen LogP contribution in [0, 0.1) is 5.41 Å². The number of rotatable bonds is 2. The van der Waals surface area contributed by atoms with Crippen molar-refractivity contribution in [2.45, 2.75) is 32.3 Å². The summed E-state index contributed by atoms with van der Waals surface area (Å²) in [5, 5.41) is 4.51. The second-order valence-electron chi connectivity index (χ2n) is 3.91. The van der Waals surface area contributed by atoms with Gasteiger partial charge in [-0.3, -0.25) is 0 Å². The molecule has 68 valence electrons. The summed E-state index contributed by atoms with van der Waals surface area (Å²) in [4.78, 5) is 4.20. The monoisotopic (exact) mass is 186 g/mol. The average molecular weight is 186 g/mol. The van der Waals surface area contributed by atoms with E-state index in [2.05, 4.69) is 30.9 Å². The van der Waals surface area contributed by atoms with Crippen LogP contribution < -0.4 is 0 Å². The Kier molecular flexibility index (Phi) is 2.77. The third kappa shape index (κ3) is 2.85. The molecule has 0 saturated carbocycles. The maximum atomic E-state index is 5.05. The smallest absolute Gasteiger partial charge is 0.229 e. The molecule has 1 aromatic rings. The topological polar surface area (TPSA) is 38.9 Å². The van der Waals surface area contributed by atoms with Gasteiger partial charge in [0.05, 0.1) is 0 Å². The molecule has 1 heterocycles. The Morgan fingerprint density at radius 2 is 2.08 bits per heavy atom. The summed E-state index contributed by atoms with van der Waals surface area (Å²) in [5.41, 5.74) is 0.211. The van der Waals surface area contributed by atoms with Gasteiger partial charge >= 0.3 is 0 Å². The zero-order valence-corrected chi connectivity index (χ0v) is 8.73. The number of hydrogen-bond donors (Lipinski definition) is 0. The van der Waals surface area contributed by atoms with Gasteiger partial charge in [-0.05, 0) is 11.7 Å². The molecule has 1 aromatic heterocycles. The van der Waals surface area contributed by atoms with E-state index in [0.29, 0.717) is 5.16 Å². The zero-order valence-electron chi connectivity index (χ0n) is 7.92. The first-order valence-electron chi connectivity index (χ1n) is 3.88. The van der Waals surface area contributed by atoms with E-state index in [1.54, 1.807) is 0 Å². The van der Waals surface area contributed by atoms with Crippen LogP contribution in [-0.4, -0.2) is 16.4 Å². The van der Waals surface area contributed by atoms with Gasteiger partial charge in [-0.2, -0.15) is 4.98 Å². The Balaban J connectivity index is 2.64. The molecule has 3 nitrogen and oxygen atoms in total. The summed E-state index contributed by atoms with van der Waals surface area (Å²) in [6.45, 7) is 6.45. The lowest BCUT2D eigenvalue weighted by molar-refractivity contribution is 0.310. The van der Waals surface area contributed by atoms with Crippen molar-refractivity contribution in [3.05, 3.63) is 5.89 Å². The van der Waals surface area contributed by atoms with E-state index in [-0.39, 0.29) is 5.41 Å². The normalized spacial score (nSPS) is 12.0. The van der Waals surface area contributed by atoms with Crippen LogP contribution in [0.25, 0.3) is 0 Å². The molecular formula is C8H14N2OS. The highest BCUT2D eigenvalue weighted by atomic mass is 32.2. The van der Waals surface area contributed by atoms with Crippen LogP contribution in [0.2, 0.25) is 0 Å². The van der Waals surface area contributed by atoms with E-state index in [1.165, 1.54) is 11.8 Å². The van der Waals surface area contributed by atoms with Crippen LogP contribution in [0.1, 0.15) is 26.7 Å². The van der Waals surface area contributed by atoms with Crippen LogP contribution in [0.15, 0.2) is 9.68 Å². The van der Waals surface area contributed by atoms with Crippen molar-refractivity contribution in [3.8, 4) is 0 Å². The van der Waals surface area contributed by atoms with Crippen LogP contribution in [0.5, 0.6) is 0 Å². The lowest BCUT2D eigenvalue weighted by Crippen LogP contribution is -2.09. The molecule has 0 N–H and O–H groups in total. The molecule has 0 fully saturated rings. The summed E-state index contributed by atoms with van der Waals surface area (Å²) in [7, 11) is 0. The first kappa shape index (κ1) is 9.58. The molecule has 12 heavy (non-hydrogen) atoms. The van der Waals surface area contributed by atoms with E-state index >= 15 is 0 Å². The van der Waals surface area contributed by atoms with E-state index in [4.69, 9.17) is 4.52 Å². The van der Waals surface area contributed by atoms with Gasteiger partial charge < -0.3 is 4.52 Å². The van der Waals surface area contributed by atoms with Gasteiger partial charge in [0.2, 0.25) is 11.0 Å². The van der Waals surface area contributed by atoms with Gasteiger partial charge in [-0.15, -0.1) is 0 Å². The predicted molar refractivity (Wildman–Crippen MR) is 49.2 cm³/mol. The molecule has 0 saturated heterocycles. The molecule has 0 amide bonds. The highest BCUT2D eigenvalue weighted by Gasteiger charge is 2.16. The van der Waals surface area contributed by atoms with Crippen LogP contribution in [0.4, 0.5) is 0 Å². The molecule has 0 bridgehead atoms. The number of thioether (sulfide) groups is 1. The summed E-state index contributed by atoms with van der Waals surface area (Å²) >= 11 is 1.50. The Labute approximate surface area is 76.9 Å². The van der Waals surface area contributed by atoms with Crippen LogP contribution >= 0.6 is 11.8 Å².